The van der Waals surface area contributed by atoms with E-state index in [9.17, 15) is 9.90 Å². The molecule has 0 aromatic carbocycles. The molecule has 0 saturated heterocycles. The van der Waals surface area contributed by atoms with Crippen LogP contribution < -0.4 is 10.5 Å². The van der Waals surface area contributed by atoms with E-state index < -0.39 is 17.6 Å². The van der Waals surface area contributed by atoms with Gasteiger partial charge in [-0.15, -0.1) is 0 Å². The van der Waals surface area contributed by atoms with Gasteiger partial charge in [-0.2, -0.15) is 0 Å². The van der Waals surface area contributed by atoms with E-state index in [4.69, 9.17) is 10.5 Å². The fourth-order valence-electron chi connectivity index (χ4n) is 2.00. The number of ether oxygens (including phenoxy) is 1. The molecule has 0 fully saturated rings. The number of pyridine rings is 2. The Labute approximate surface area is 136 Å². The molecule has 1 amide bonds. The van der Waals surface area contributed by atoms with Gasteiger partial charge in [0.1, 0.15) is 6.10 Å². The molecule has 0 aliphatic rings. The zero-order valence-corrected chi connectivity index (χ0v) is 13.7. The van der Waals surface area contributed by atoms with E-state index in [1.807, 2.05) is 26.0 Å². The first-order valence-electron chi connectivity index (χ1n) is 6.54. The largest absolute Gasteiger partial charge is 0.410 e. The number of carbonyl (C=O) groups is 1. The van der Waals surface area contributed by atoms with Crippen molar-refractivity contribution in [3.8, 4) is 5.75 Å². The molecule has 1 atom stereocenters. The minimum Gasteiger partial charge on any atom is -0.409 e. The molecule has 0 spiro atoms. The summed E-state index contributed by atoms with van der Waals surface area (Å²) in [7, 11) is 0. The van der Waals surface area contributed by atoms with Crippen molar-refractivity contribution in [1.82, 2.24) is 9.97 Å². The Morgan fingerprint density at radius 1 is 1.36 bits per heavy atom. The molecule has 0 saturated carbocycles. The lowest BCUT2D eigenvalue weighted by Crippen LogP contribution is -2.28. The number of halogens is 1. The Balaban J connectivity index is 2.26. The molecule has 0 aliphatic carbocycles. The fourth-order valence-corrected chi connectivity index (χ4v) is 2.33. The van der Waals surface area contributed by atoms with E-state index in [-0.39, 0.29) is 5.75 Å². The van der Waals surface area contributed by atoms with Gasteiger partial charge in [0, 0.05) is 16.1 Å². The van der Waals surface area contributed by atoms with Crippen LogP contribution in [0.2, 0.25) is 0 Å². The first-order valence-corrected chi connectivity index (χ1v) is 7.33. The van der Waals surface area contributed by atoms with E-state index in [0.29, 0.717) is 5.69 Å². The van der Waals surface area contributed by atoms with Gasteiger partial charge >= 0.3 is 6.09 Å². The predicted molar refractivity (Wildman–Crippen MR) is 84.4 cm³/mol. The smallest absolute Gasteiger partial charge is 0.409 e. The lowest BCUT2D eigenvalue weighted by molar-refractivity contribution is 0.0936. The molecule has 1 unspecified atom stereocenters. The summed E-state index contributed by atoms with van der Waals surface area (Å²) in [6.45, 7) is 3.75. The quantitative estimate of drug-likeness (QED) is 0.867. The second-order valence-electron chi connectivity index (χ2n) is 5.32. The fraction of sp³-hybridized carbons (Fsp3) is 0.267. The van der Waals surface area contributed by atoms with Crippen LogP contribution in [-0.4, -0.2) is 21.2 Å². The topological polar surface area (TPSA) is 98.3 Å². The van der Waals surface area contributed by atoms with E-state index in [2.05, 4.69) is 25.9 Å². The second kappa shape index (κ2) is 6.41. The van der Waals surface area contributed by atoms with Gasteiger partial charge in [-0.05, 0) is 24.3 Å². The van der Waals surface area contributed by atoms with Gasteiger partial charge in [0.2, 0.25) is 0 Å². The average Bonchev–Trinajstić information content (AvgIpc) is 2.46. The number of hydrogen-bond donors (Lipinski definition) is 2. The van der Waals surface area contributed by atoms with Crippen LogP contribution >= 0.6 is 15.9 Å². The van der Waals surface area contributed by atoms with E-state index in [1.165, 1.54) is 12.3 Å². The molecular weight excluding hydrogens is 350 g/mol. The SMILES string of the molecule is CC(C)(c1cc(Br)ccn1)C(O)c1ccc(OC(N)=O)cn1. The first-order chi connectivity index (χ1) is 10.3. The molecule has 0 aliphatic heterocycles. The summed E-state index contributed by atoms with van der Waals surface area (Å²) in [5.74, 6) is 0.224. The van der Waals surface area contributed by atoms with Crippen LogP contribution in [0.3, 0.4) is 0 Å². The molecule has 6 nitrogen and oxygen atoms in total. The van der Waals surface area contributed by atoms with Crippen LogP contribution in [0.15, 0.2) is 41.1 Å². The summed E-state index contributed by atoms with van der Waals surface area (Å²) in [6, 6.07) is 6.79. The highest BCUT2D eigenvalue weighted by Gasteiger charge is 2.33. The van der Waals surface area contributed by atoms with Gasteiger partial charge in [-0.1, -0.05) is 29.8 Å². The van der Waals surface area contributed by atoms with Crippen molar-refractivity contribution < 1.29 is 14.6 Å². The van der Waals surface area contributed by atoms with Crippen LogP contribution in [0.5, 0.6) is 5.75 Å². The Hall–Kier alpha value is -1.99. The van der Waals surface area contributed by atoms with Crippen LogP contribution in [0.1, 0.15) is 31.3 Å². The Morgan fingerprint density at radius 2 is 2.09 bits per heavy atom. The number of rotatable bonds is 4. The van der Waals surface area contributed by atoms with Gasteiger partial charge in [0.25, 0.3) is 0 Å². The van der Waals surface area contributed by atoms with Crippen LogP contribution in [0.25, 0.3) is 0 Å². The third-order valence-electron chi connectivity index (χ3n) is 3.32. The number of carbonyl (C=O) groups excluding carboxylic acids is 1. The maximum atomic E-state index is 10.7. The molecular formula is C15H16BrN3O3. The molecule has 22 heavy (non-hydrogen) atoms. The maximum absolute atomic E-state index is 10.7. The molecule has 3 N–H and O–H groups in total. The minimum atomic E-state index is -0.909. The number of aromatic nitrogens is 2. The molecule has 2 heterocycles. The van der Waals surface area contributed by atoms with Gasteiger partial charge in [-0.25, -0.2) is 4.79 Å². The summed E-state index contributed by atoms with van der Waals surface area (Å²) in [4.78, 5) is 19.1. The van der Waals surface area contributed by atoms with Crippen molar-refractivity contribution in [3.05, 3.63) is 52.5 Å². The van der Waals surface area contributed by atoms with Crippen molar-refractivity contribution in [2.75, 3.05) is 0 Å². The van der Waals surface area contributed by atoms with E-state index in [1.54, 1.807) is 12.3 Å². The van der Waals surface area contributed by atoms with Crippen molar-refractivity contribution in [2.45, 2.75) is 25.4 Å². The maximum Gasteiger partial charge on any atom is 0.410 e. The van der Waals surface area contributed by atoms with Crippen molar-refractivity contribution in [1.29, 1.82) is 0 Å². The second-order valence-corrected chi connectivity index (χ2v) is 6.24. The summed E-state index contributed by atoms with van der Waals surface area (Å²) >= 11 is 3.39. The lowest BCUT2D eigenvalue weighted by Gasteiger charge is -2.29. The Kier molecular flexibility index (Phi) is 4.77. The van der Waals surface area contributed by atoms with E-state index in [0.717, 1.165) is 10.2 Å². The highest BCUT2D eigenvalue weighted by atomic mass is 79.9. The third kappa shape index (κ3) is 3.61. The zero-order valence-electron chi connectivity index (χ0n) is 12.2. The lowest BCUT2D eigenvalue weighted by atomic mass is 9.81. The van der Waals surface area contributed by atoms with Gasteiger partial charge in [0.05, 0.1) is 17.6 Å². The number of amides is 1. The number of aliphatic hydroxyl groups excluding tert-OH is 1. The van der Waals surface area contributed by atoms with Gasteiger partial charge in [0.15, 0.2) is 5.75 Å². The van der Waals surface area contributed by atoms with Crippen LogP contribution in [-0.2, 0) is 5.41 Å². The number of hydrogen-bond acceptors (Lipinski definition) is 5. The number of primary amides is 1. The zero-order chi connectivity index (χ0) is 16.3. The summed E-state index contributed by atoms with van der Waals surface area (Å²) in [5.41, 5.74) is 5.46. The third-order valence-corrected chi connectivity index (χ3v) is 3.82. The van der Waals surface area contributed by atoms with Crippen molar-refractivity contribution in [3.63, 3.8) is 0 Å². The van der Waals surface area contributed by atoms with Crippen molar-refractivity contribution >= 4 is 22.0 Å². The van der Waals surface area contributed by atoms with E-state index >= 15 is 0 Å². The summed E-state index contributed by atoms with van der Waals surface area (Å²) < 4.78 is 5.60. The molecule has 0 radical (unpaired) electrons. The number of aliphatic hydroxyl groups is 1. The normalized spacial score (nSPS) is 12.7. The molecule has 116 valence electrons. The monoisotopic (exact) mass is 365 g/mol. The van der Waals surface area contributed by atoms with Gasteiger partial charge < -0.3 is 15.6 Å². The predicted octanol–water partition coefficient (Wildman–Crippen LogP) is 2.71. The highest BCUT2D eigenvalue weighted by Crippen LogP contribution is 2.36. The molecule has 0 bridgehead atoms. The summed E-state index contributed by atoms with van der Waals surface area (Å²) in [6.07, 6.45) is 1.23. The summed E-state index contributed by atoms with van der Waals surface area (Å²) in [5, 5.41) is 10.6. The Morgan fingerprint density at radius 3 is 2.64 bits per heavy atom. The molecule has 2 rings (SSSR count). The molecule has 2 aromatic rings. The minimum absolute atomic E-state index is 0.224. The average molecular weight is 366 g/mol. The molecule has 2 aromatic heterocycles. The highest BCUT2D eigenvalue weighted by molar-refractivity contribution is 9.10. The first kappa shape index (κ1) is 16.4. The standard InChI is InChI=1S/C15H16BrN3O3/c1-15(2,12-7-9(16)5-6-18-12)13(20)11-4-3-10(8-19-11)22-14(17)21/h3-8,13,20H,1-2H3,(H2,17,21). The van der Waals surface area contributed by atoms with Crippen LogP contribution in [0, 0.1) is 0 Å². The van der Waals surface area contributed by atoms with Crippen LogP contribution in [0.4, 0.5) is 4.79 Å². The van der Waals surface area contributed by atoms with Gasteiger partial charge in [-0.3, -0.25) is 9.97 Å². The molecule has 7 heteroatoms. The number of nitrogens with two attached hydrogens (primary N) is 1. The number of nitrogens with zero attached hydrogens (tertiary/aromatic N) is 2. The Bertz CT molecular complexity index is 674. The van der Waals surface area contributed by atoms with Crippen molar-refractivity contribution in [2.24, 2.45) is 5.73 Å².